The number of hydrogen-bond acceptors (Lipinski definition) is 3. The molecular weight excluding hydrogens is 292 g/mol. The molecule has 22 heavy (non-hydrogen) atoms. The van der Waals surface area contributed by atoms with E-state index in [-0.39, 0.29) is 0 Å². The first-order valence-corrected chi connectivity index (χ1v) is 9.11. The van der Waals surface area contributed by atoms with Crippen LogP contribution in [-0.4, -0.2) is 30.6 Å². The van der Waals surface area contributed by atoms with Crippen molar-refractivity contribution in [2.45, 2.75) is 65.8 Å². The van der Waals surface area contributed by atoms with Gasteiger partial charge in [0.25, 0.3) is 0 Å². The predicted octanol–water partition coefficient (Wildman–Crippen LogP) is 3.44. The monoisotopic (exact) mass is 322 g/mol. The second-order valence-electron chi connectivity index (χ2n) is 7.07. The van der Waals surface area contributed by atoms with E-state index in [1.807, 2.05) is 7.05 Å². The van der Waals surface area contributed by atoms with E-state index in [1.54, 1.807) is 11.3 Å². The second kappa shape index (κ2) is 7.44. The van der Waals surface area contributed by atoms with Gasteiger partial charge in [0.05, 0.1) is 10.7 Å². The van der Waals surface area contributed by atoms with Gasteiger partial charge in [-0.1, -0.05) is 13.8 Å². The minimum Gasteiger partial charge on any atom is -0.356 e. The van der Waals surface area contributed by atoms with Crippen molar-refractivity contribution >= 4 is 17.3 Å². The molecule has 0 unspecified atom stereocenters. The minimum atomic E-state index is 0.511. The Morgan fingerprint density at radius 2 is 2.00 bits per heavy atom. The fraction of sp³-hybridized carbons (Fsp3) is 0.765. The molecule has 0 atom stereocenters. The zero-order valence-corrected chi connectivity index (χ0v) is 15.4. The zero-order valence-electron chi connectivity index (χ0n) is 14.6. The molecule has 2 rings (SSSR count). The Kier molecular flexibility index (Phi) is 5.84. The van der Waals surface area contributed by atoms with Gasteiger partial charge in [0.15, 0.2) is 5.96 Å². The maximum absolute atomic E-state index is 4.48. The third-order valence-electron chi connectivity index (χ3n) is 4.55. The van der Waals surface area contributed by atoms with Gasteiger partial charge in [0.1, 0.15) is 0 Å². The van der Waals surface area contributed by atoms with Gasteiger partial charge in [-0.05, 0) is 44.9 Å². The first-order chi connectivity index (χ1) is 10.4. The smallest absolute Gasteiger partial charge is 0.191 e. The van der Waals surface area contributed by atoms with Gasteiger partial charge in [0.2, 0.25) is 0 Å². The molecule has 1 aromatic rings. The van der Waals surface area contributed by atoms with Crippen molar-refractivity contribution in [3.8, 4) is 0 Å². The number of aromatic nitrogens is 1. The summed E-state index contributed by atoms with van der Waals surface area (Å²) in [7, 11) is 1.85. The van der Waals surface area contributed by atoms with E-state index in [1.165, 1.54) is 36.3 Å². The molecule has 1 aliphatic rings. The van der Waals surface area contributed by atoms with Crippen molar-refractivity contribution in [2.24, 2.45) is 10.4 Å². The maximum Gasteiger partial charge on any atom is 0.191 e. The van der Waals surface area contributed by atoms with Gasteiger partial charge < -0.3 is 10.6 Å². The van der Waals surface area contributed by atoms with Crippen LogP contribution in [0, 0.1) is 19.3 Å². The van der Waals surface area contributed by atoms with Gasteiger partial charge in [-0.15, -0.1) is 11.3 Å². The van der Waals surface area contributed by atoms with Crippen molar-refractivity contribution in [3.05, 3.63) is 15.6 Å². The number of aliphatic imine (C=N–C) groups is 1. The van der Waals surface area contributed by atoms with Crippen LogP contribution in [-0.2, 0) is 6.42 Å². The molecule has 1 aliphatic carbocycles. The summed E-state index contributed by atoms with van der Waals surface area (Å²) in [6, 6.07) is 0.562. The van der Waals surface area contributed by atoms with Crippen LogP contribution in [0.2, 0.25) is 0 Å². The van der Waals surface area contributed by atoms with E-state index in [9.17, 15) is 0 Å². The molecule has 0 saturated heterocycles. The first-order valence-electron chi connectivity index (χ1n) is 8.30. The van der Waals surface area contributed by atoms with Crippen LogP contribution >= 0.6 is 11.3 Å². The average molecular weight is 323 g/mol. The van der Waals surface area contributed by atoms with Gasteiger partial charge in [0, 0.05) is 30.9 Å². The second-order valence-corrected chi connectivity index (χ2v) is 8.36. The van der Waals surface area contributed by atoms with E-state index in [0.717, 1.165) is 23.9 Å². The number of guanidine groups is 1. The van der Waals surface area contributed by atoms with Crippen molar-refractivity contribution < 1.29 is 0 Å². The average Bonchev–Trinajstić information content (AvgIpc) is 2.78. The van der Waals surface area contributed by atoms with Gasteiger partial charge in [-0.3, -0.25) is 4.99 Å². The lowest BCUT2D eigenvalue weighted by Crippen LogP contribution is -2.46. The van der Waals surface area contributed by atoms with Crippen LogP contribution < -0.4 is 10.6 Å². The molecule has 1 aromatic heterocycles. The first kappa shape index (κ1) is 17.3. The van der Waals surface area contributed by atoms with E-state index in [0.29, 0.717) is 11.5 Å². The summed E-state index contributed by atoms with van der Waals surface area (Å²) in [5.74, 6) is 0.934. The summed E-state index contributed by atoms with van der Waals surface area (Å²) in [6.07, 6.45) is 6.07. The molecule has 2 N–H and O–H groups in total. The molecule has 4 nitrogen and oxygen atoms in total. The lowest BCUT2D eigenvalue weighted by atomic mass is 9.75. The Bertz CT molecular complexity index is 509. The molecule has 5 heteroatoms. The summed E-state index contributed by atoms with van der Waals surface area (Å²) in [5.41, 5.74) is 1.68. The van der Waals surface area contributed by atoms with E-state index in [2.05, 4.69) is 48.3 Å². The molecule has 0 radical (unpaired) electrons. The normalized spacial score (nSPS) is 19.2. The lowest BCUT2D eigenvalue weighted by Gasteiger charge is -2.35. The van der Waals surface area contributed by atoms with Crippen molar-refractivity contribution in [2.75, 3.05) is 13.6 Å². The highest BCUT2D eigenvalue weighted by molar-refractivity contribution is 7.11. The highest BCUT2D eigenvalue weighted by Crippen LogP contribution is 2.34. The van der Waals surface area contributed by atoms with Crippen LogP contribution in [0.4, 0.5) is 0 Å². The third-order valence-corrected chi connectivity index (χ3v) is 5.68. The Balaban J connectivity index is 1.75. The molecule has 0 amide bonds. The summed E-state index contributed by atoms with van der Waals surface area (Å²) >= 11 is 1.80. The largest absolute Gasteiger partial charge is 0.356 e. The van der Waals surface area contributed by atoms with Crippen LogP contribution in [0.15, 0.2) is 4.99 Å². The minimum absolute atomic E-state index is 0.511. The summed E-state index contributed by atoms with van der Waals surface area (Å²) in [6.45, 7) is 9.81. The van der Waals surface area contributed by atoms with Crippen LogP contribution in [0.25, 0.3) is 0 Å². The molecule has 1 saturated carbocycles. The Morgan fingerprint density at radius 3 is 2.55 bits per heavy atom. The Hall–Kier alpha value is -1.10. The quantitative estimate of drug-likeness (QED) is 0.659. The lowest BCUT2D eigenvalue weighted by molar-refractivity contribution is 0.216. The zero-order chi connectivity index (χ0) is 16.2. The maximum atomic E-state index is 4.48. The number of rotatable bonds is 4. The molecule has 124 valence electrons. The van der Waals surface area contributed by atoms with Gasteiger partial charge in [-0.25, -0.2) is 4.98 Å². The van der Waals surface area contributed by atoms with E-state index >= 15 is 0 Å². The van der Waals surface area contributed by atoms with Crippen molar-refractivity contribution in [1.29, 1.82) is 0 Å². The van der Waals surface area contributed by atoms with E-state index in [4.69, 9.17) is 0 Å². The van der Waals surface area contributed by atoms with Crippen LogP contribution in [0.1, 0.15) is 55.1 Å². The Morgan fingerprint density at radius 1 is 1.32 bits per heavy atom. The fourth-order valence-electron chi connectivity index (χ4n) is 3.03. The highest BCUT2D eigenvalue weighted by atomic mass is 32.1. The topological polar surface area (TPSA) is 49.3 Å². The van der Waals surface area contributed by atoms with Crippen molar-refractivity contribution in [1.82, 2.24) is 15.6 Å². The number of thiazole rings is 1. The number of nitrogens with zero attached hydrogens (tertiary/aromatic N) is 2. The fourth-order valence-corrected chi connectivity index (χ4v) is 3.97. The SMILES string of the molecule is CN=C(NCCc1sc(C)nc1C)NC1CCC(C)(C)CC1. The van der Waals surface area contributed by atoms with E-state index < -0.39 is 0 Å². The van der Waals surface area contributed by atoms with Gasteiger partial charge >= 0.3 is 0 Å². The van der Waals surface area contributed by atoms with Crippen LogP contribution in [0.3, 0.4) is 0 Å². The molecule has 0 bridgehead atoms. The number of nitrogens with one attached hydrogen (secondary N) is 2. The summed E-state index contributed by atoms with van der Waals surface area (Å²) in [5, 5.41) is 8.17. The molecular formula is C17H30N4S. The number of hydrogen-bond donors (Lipinski definition) is 2. The standard InChI is InChI=1S/C17H30N4S/c1-12-15(22-13(2)20-12)8-11-19-16(18-5)21-14-6-9-17(3,4)10-7-14/h14H,6-11H2,1-5H3,(H2,18,19,21). The van der Waals surface area contributed by atoms with Gasteiger partial charge in [-0.2, -0.15) is 0 Å². The summed E-state index contributed by atoms with van der Waals surface area (Å²) in [4.78, 5) is 10.2. The van der Waals surface area contributed by atoms with Crippen molar-refractivity contribution in [3.63, 3.8) is 0 Å². The molecule has 1 heterocycles. The molecule has 0 spiro atoms. The predicted molar refractivity (Wildman–Crippen MR) is 95.8 cm³/mol. The number of aryl methyl sites for hydroxylation is 2. The summed E-state index contributed by atoms with van der Waals surface area (Å²) < 4.78 is 0. The third kappa shape index (κ3) is 4.97. The van der Waals surface area contributed by atoms with Crippen LogP contribution in [0.5, 0.6) is 0 Å². The Labute approximate surface area is 138 Å². The molecule has 1 fully saturated rings. The molecule has 0 aromatic carbocycles. The highest BCUT2D eigenvalue weighted by Gasteiger charge is 2.27. The molecule has 0 aliphatic heterocycles.